The minimum Gasteiger partial charge on any atom is -0.409 e. The molecular weight excluding hydrogens is 400 g/mol. The molecule has 0 unspecified atom stereocenters. The highest BCUT2D eigenvalue weighted by Gasteiger charge is 2.16. The van der Waals surface area contributed by atoms with Crippen LogP contribution >= 0.6 is 0 Å². The third-order valence-electron chi connectivity index (χ3n) is 5.40. The smallest absolute Gasteiger partial charge is 0.181 e. The average Bonchev–Trinajstić information content (AvgIpc) is 3.23. The van der Waals surface area contributed by atoms with Gasteiger partial charge in [0.15, 0.2) is 11.7 Å². The van der Waals surface area contributed by atoms with Crippen LogP contribution in [0.2, 0.25) is 0 Å². The third kappa shape index (κ3) is 4.46. The standard InChI is InChI=1S/C25H26N6O/c1-3-18-8-7-11-22(16-18)31(21-14-12-19(13-15-21)24(26)29-32)17-23-27-25(28-30(23)2)20-9-5-4-6-10-20/h4-16,32H,3,17H2,1-2H3,(H2,26,29). The van der Waals surface area contributed by atoms with Gasteiger partial charge in [0.25, 0.3) is 0 Å². The largest absolute Gasteiger partial charge is 0.409 e. The lowest BCUT2D eigenvalue weighted by atomic mass is 10.1. The molecule has 0 spiro atoms. The Balaban J connectivity index is 1.72. The maximum absolute atomic E-state index is 8.96. The molecule has 3 aromatic carbocycles. The first-order valence-electron chi connectivity index (χ1n) is 10.5. The summed E-state index contributed by atoms with van der Waals surface area (Å²) in [5.41, 5.74) is 10.7. The van der Waals surface area contributed by atoms with E-state index in [1.165, 1.54) is 5.56 Å². The van der Waals surface area contributed by atoms with E-state index in [-0.39, 0.29) is 5.84 Å². The van der Waals surface area contributed by atoms with Crippen LogP contribution in [0.25, 0.3) is 11.4 Å². The van der Waals surface area contributed by atoms with Crippen molar-refractivity contribution in [1.82, 2.24) is 14.8 Å². The highest BCUT2D eigenvalue weighted by atomic mass is 16.4. The van der Waals surface area contributed by atoms with Gasteiger partial charge in [-0.25, -0.2) is 4.98 Å². The molecule has 4 rings (SSSR count). The van der Waals surface area contributed by atoms with Crippen LogP contribution in [0.15, 0.2) is 84.0 Å². The number of amidine groups is 1. The van der Waals surface area contributed by atoms with Gasteiger partial charge in [0, 0.05) is 29.5 Å². The van der Waals surface area contributed by atoms with Crippen molar-refractivity contribution in [3.8, 4) is 11.4 Å². The molecule has 0 aliphatic heterocycles. The monoisotopic (exact) mass is 426 g/mol. The van der Waals surface area contributed by atoms with Gasteiger partial charge in [0.1, 0.15) is 5.82 Å². The van der Waals surface area contributed by atoms with Gasteiger partial charge in [-0.3, -0.25) is 4.68 Å². The minimum absolute atomic E-state index is 0.0804. The number of aromatic nitrogens is 3. The van der Waals surface area contributed by atoms with Crippen molar-refractivity contribution < 1.29 is 5.21 Å². The van der Waals surface area contributed by atoms with Crippen molar-refractivity contribution in [2.45, 2.75) is 19.9 Å². The maximum Gasteiger partial charge on any atom is 0.181 e. The van der Waals surface area contributed by atoms with Crippen molar-refractivity contribution in [1.29, 1.82) is 0 Å². The second-order valence-corrected chi connectivity index (χ2v) is 7.48. The molecule has 7 nitrogen and oxygen atoms in total. The molecule has 4 aromatic rings. The molecule has 0 saturated carbocycles. The van der Waals surface area contributed by atoms with Gasteiger partial charge < -0.3 is 15.8 Å². The first-order chi connectivity index (χ1) is 15.6. The Morgan fingerprint density at radius 3 is 2.44 bits per heavy atom. The molecule has 0 radical (unpaired) electrons. The molecule has 0 atom stereocenters. The van der Waals surface area contributed by atoms with E-state index in [0.29, 0.717) is 17.9 Å². The van der Waals surface area contributed by atoms with Crippen LogP contribution in [-0.2, 0) is 20.0 Å². The fraction of sp³-hybridized carbons (Fsp3) is 0.160. The van der Waals surface area contributed by atoms with Crippen molar-refractivity contribution in [3.05, 3.63) is 95.8 Å². The zero-order valence-corrected chi connectivity index (χ0v) is 18.2. The summed E-state index contributed by atoms with van der Waals surface area (Å²) in [6, 6.07) is 26.0. The molecule has 0 aliphatic rings. The molecular formula is C25H26N6O. The van der Waals surface area contributed by atoms with Crippen LogP contribution in [0.5, 0.6) is 0 Å². The van der Waals surface area contributed by atoms with E-state index >= 15 is 0 Å². The summed E-state index contributed by atoms with van der Waals surface area (Å²) in [7, 11) is 1.91. The summed E-state index contributed by atoms with van der Waals surface area (Å²) < 4.78 is 1.82. The number of anilines is 2. The van der Waals surface area contributed by atoms with Gasteiger partial charge >= 0.3 is 0 Å². The number of hydrogen-bond acceptors (Lipinski definition) is 5. The van der Waals surface area contributed by atoms with E-state index in [4.69, 9.17) is 15.9 Å². The van der Waals surface area contributed by atoms with E-state index in [2.05, 4.69) is 46.3 Å². The van der Waals surface area contributed by atoms with Crippen LogP contribution in [0.1, 0.15) is 23.9 Å². The number of hydrogen-bond donors (Lipinski definition) is 2. The predicted molar refractivity (Wildman–Crippen MR) is 127 cm³/mol. The maximum atomic E-state index is 8.96. The molecule has 0 amide bonds. The highest BCUT2D eigenvalue weighted by molar-refractivity contribution is 5.97. The summed E-state index contributed by atoms with van der Waals surface area (Å²) in [5, 5.41) is 16.7. The lowest BCUT2D eigenvalue weighted by molar-refractivity contribution is 0.318. The van der Waals surface area contributed by atoms with Crippen LogP contribution in [0.4, 0.5) is 11.4 Å². The quantitative estimate of drug-likeness (QED) is 0.197. The second kappa shape index (κ2) is 9.34. The van der Waals surface area contributed by atoms with Crippen molar-refractivity contribution in [2.75, 3.05) is 4.90 Å². The first kappa shape index (κ1) is 21.1. The molecule has 0 saturated heterocycles. The van der Waals surface area contributed by atoms with Gasteiger partial charge in [0.05, 0.1) is 6.54 Å². The molecule has 0 aliphatic carbocycles. The number of nitrogens with zero attached hydrogens (tertiary/aromatic N) is 5. The number of oxime groups is 1. The van der Waals surface area contributed by atoms with Gasteiger partial charge in [0.2, 0.25) is 0 Å². The van der Waals surface area contributed by atoms with E-state index in [9.17, 15) is 0 Å². The topological polar surface area (TPSA) is 92.6 Å². The summed E-state index contributed by atoms with van der Waals surface area (Å²) in [6.45, 7) is 2.68. The number of nitrogens with two attached hydrogens (primary N) is 1. The Morgan fingerprint density at radius 2 is 1.75 bits per heavy atom. The molecule has 0 bridgehead atoms. The van der Waals surface area contributed by atoms with E-state index in [1.54, 1.807) is 0 Å². The molecule has 162 valence electrons. The van der Waals surface area contributed by atoms with Gasteiger partial charge in [-0.2, -0.15) is 5.10 Å². The van der Waals surface area contributed by atoms with Crippen molar-refractivity contribution >= 4 is 17.2 Å². The number of aryl methyl sites for hydroxylation is 2. The second-order valence-electron chi connectivity index (χ2n) is 7.48. The van der Waals surface area contributed by atoms with E-state index < -0.39 is 0 Å². The van der Waals surface area contributed by atoms with Gasteiger partial charge in [-0.15, -0.1) is 0 Å². The van der Waals surface area contributed by atoms with Crippen LogP contribution in [0.3, 0.4) is 0 Å². The van der Waals surface area contributed by atoms with Gasteiger partial charge in [-0.05, 0) is 48.4 Å². The van der Waals surface area contributed by atoms with E-state index in [1.807, 2.05) is 66.3 Å². The number of rotatable bonds is 7. The Morgan fingerprint density at radius 1 is 1.00 bits per heavy atom. The Bertz CT molecular complexity index is 1210. The normalized spacial score (nSPS) is 11.5. The van der Waals surface area contributed by atoms with Gasteiger partial charge in [-0.1, -0.05) is 54.5 Å². The fourth-order valence-electron chi connectivity index (χ4n) is 3.55. The van der Waals surface area contributed by atoms with Crippen LogP contribution < -0.4 is 10.6 Å². The molecule has 3 N–H and O–H groups in total. The molecule has 0 fully saturated rings. The minimum atomic E-state index is 0.0804. The van der Waals surface area contributed by atoms with Crippen LogP contribution in [0, 0.1) is 0 Å². The lowest BCUT2D eigenvalue weighted by Crippen LogP contribution is -2.20. The Kier molecular flexibility index (Phi) is 6.17. The van der Waals surface area contributed by atoms with E-state index in [0.717, 1.165) is 29.2 Å². The average molecular weight is 427 g/mol. The lowest BCUT2D eigenvalue weighted by Gasteiger charge is -2.25. The summed E-state index contributed by atoms with van der Waals surface area (Å²) in [4.78, 5) is 7.00. The summed E-state index contributed by atoms with van der Waals surface area (Å²) >= 11 is 0. The Labute approximate surface area is 187 Å². The molecule has 1 heterocycles. The van der Waals surface area contributed by atoms with Crippen molar-refractivity contribution in [2.24, 2.45) is 17.9 Å². The summed E-state index contributed by atoms with van der Waals surface area (Å²) in [6.07, 6.45) is 0.951. The SMILES string of the molecule is CCc1cccc(N(Cc2nc(-c3ccccc3)nn2C)c2ccc(C(N)=NO)cc2)c1. The zero-order valence-electron chi connectivity index (χ0n) is 18.2. The molecule has 1 aromatic heterocycles. The first-order valence-corrected chi connectivity index (χ1v) is 10.5. The van der Waals surface area contributed by atoms with Crippen LogP contribution in [-0.4, -0.2) is 25.8 Å². The fourth-order valence-corrected chi connectivity index (χ4v) is 3.55. The molecule has 32 heavy (non-hydrogen) atoms. The Hall–Kier alpha value is -4.13. The third-order valence-corrected chi connectivity index (χ3v) is 5.40. The predicted octanol–water partition coefficient (Wildman–Crippen LogP) is 4.48. The summed E-state index contributed by atoms with van der Waals surface area (Å²) in [5.74, 6) is 1.62. The number of benzene rings is 3. The highest BCUT2D eigenvalue weighted by Crippen LogP contribution is 2.29. The van der Waals surface area contributed by atoms with Crippen molar-refractivity contribution in [3.63, 3.8) is 0 Å². The zero-order chi connectivity index (χ0) is 22.5. The molecule has 7 heteroatoms.